The second-order valence-electron chi connectivity index (χ2n) is 10.5. The number of rotatable bonds is 11. The minimum Gasteiger partial charge on any atom is -0.397 e. The minimum absolute atomic E-state index is 0.448. The van der Waals surface area contributed by atoms with Crippen molar-refractivity contribution in [2.45, 2.75) is 65.2 Å². The summed E-state index contributed by atoms with van der Waals surface area (Å²) in [6.07, 6.45) is 26.3. The summed E-state index contributed by atoms with van der Waals surface area (Å²) in [6.45, 7) is 9.47. The van der Waals surface area contributed by atoms with E-state index in [0.29, 0.717) is 5.92 Å². The van der Waals surface area contributed by atoms with Crippen molar-refractivity contribution in [1.29, 1.82) is 0 Å². The van der Waals surface area contributed by atoms with Gasteiger partial charge in [0.1, 0.15) is 5.82 Å². The molecule has 1 aliphatic carbocycles. The molecule has 0 bridgehead atoms. The maximum atomic E-state index is 6.53. The lowest BCUT2D eigenvalue weighted by molar-refractivity contribution is 0.306. The van der Waals surface area contributed by atoms with Crippen molar-refractivity contribution in [3.8, 4) is 0 Å². The lowest BCUT2D eigenvalue weighted by Gasteiger charge is -2.28. The average molecular weight is 512 g/mol. The number of allylic oxidation sites excluding steroid dienone is 4. The standard InChI is InChI=1S/C33H45N5/c1-4-21-38-32(30(34)5-2)31(19-18-28-13-8-7-12-26(28)3)36-33(38)29-16-14-27(15-17-29)25-35-20-11-24-37-22-9-6-10-23-37/h4-5,7-10,12-13,18-19,21-23,27,29,35H,6,11,14-17,20,24-25,34H2,1-3H3/b19-18+,21-4-,30-5+. The van der Waals surface area contributed by atoms with Gasteiger partial charge in [-0.15, -0.1) is 0 Å². The molecule has 38 heavy (non-hydrogen) atoms. The number of nitrogens with two attached hydrogens (primary N) is 1. The van der Waals surface area contributed by atoms with Crippen LogP contribution in [-0.2, 0) is 0 Å². The molecule has 1 fully saturated rings. The molecule has 4 rings (SSSR count). The third kappa shape index (κ3) is 7.16. The Kier molecular flexibility index (Phi) is 10.2. The molecule has 0 saturated heterocycles. The molecule has 1 saturated carbocycles. The monoisotopic (exact) mass is 511 g/mol. The lowest BCUT2D eigenvalue weighted by Crippen LogP contribution is -2.28. The van der Waals surface area contributed by atoms with Gasteiger partial charge in [-0.05, 0) is 108 Å². The molecule has 5 nitrogen and oxygen atoms in total. The smallest absolute Gasteiger partial charge is 0.117 e. The van der Waals surface area contributed by atoms with Gasteiger partial charge in [0.15, 0.2) is 0 Å². The Hall–Kier alpha value is -3.31. The molecule has 1 aromatic heterocycles. The van der Waals surface area contributed by atoms with Gasteiger partial charge < -0.3 is 20.5 Å². The zero-order valence-corrected chi connectivity index (χ0v) is 23.4. The first kappa shape index (κ1) is 27.7. The summed E-state index contributed by atoms with van der Waals surface area (Å²) in [6, 6.07) is 8.44. The molecule has 2 aliphatic rings. The number of aryl methyl sites for hydroxylation is 1. The Bertz CT molecular complexity index is 1180. The topological polar surface area (TPSA) is 59.1 Å². The van der Waals surface area contributed by atoms with E-state index in [1.54, 1.807) is 0 Å². The molecular weight excluding hydrogens is 466 g/mol. The van der Waals surface area contributed by atoms with Crippen LogP contribution in [0.3, 0.4) is 0 Å². The summed E-state index contributed by atoms with van der Waals surface area (Å²) in [7, 11) is 0. The number of benzene rings is 1. The van der Waals surface area contributed by atoms with Crippen LogP contribution in [0.5, 0.6) is 0 Å². The van der Waals surface area contributed by atoms with Gasteiger partial charge in [-0.2, -0.15) is 0 Å². The van der Waals surface area contributed by atoms with Gasteiger partial charge in [-0.1, -0.05) is 54.6 Å². The van der Waals surface area contributed by atoms with Gasteiger partial charge in [-0.3, -0.25) is 0 Å². The van der Waals surface area contributed by atoms with Crippen molar-refractivity contribution >= 4 is 24.0 Å². The largest absolute Gasteiger partial charge is 0.397 e. The van der Waals surface area contributed by atoms with Gasteiger partial charge in [0.05, 0.1) is 17.1 Å². The van der Waals surface area contributed by atoms with Crippen LogP contribution < -0.4 is 11.1 Å². The van der Waals surface area contributed by atoms with Crippen LogP contribution in [0.15, 0.2) is 61.0 Å². The van der Waals surface area contributed by atoms with Crippen molar-refractivity contribution in [2.24, 2.45) is 11.7 Å². The van der Waals surface area contributed by atoms with Crippen LogP contribution in [0, 0.1) is 12.8 Å². The van der Waals surface area contributed by atoms with Crippen LogP contribution in [0.2, 0.25) is 0 Å². The van der Waals surface area contributed by atoms with E-state index < -0.39 is 0 Å². The zero-order chi connectivity index (χ0) is 26.7. The molecule has 202 valence electrons. The van der Waals surface area contributed by atoms with E-state index in [1.807, 2.05) is 13.0 Å². The number of nitrogens with one attached hydrogen (secondary N) is 1. The normalized spacial score (nSPS) is 20.3. The van der Waals surface area contributed by atoms with Crippen molar-refractivity contribution in [1.82, 2.24) is 19.8 Å². The minimum atomic E-state index is 0.448. The fraction of sp³-hybridized carbons (Fsp3) is 0.424. The van der Waals surface area contributed by atoms with Crippen molar-refractivity contribution in [3.63, 3.8) is 0 Å². The van der Waals surface area contributed by atoms with Crippen LogP contribution >= 0.6 is 0 Å². The molecule has 1 aliphatic heterocycles. The van der Waals surface area contributed by atoms with Gasteiger partial charge >= 0.3 is 0 Å². The highest BCUT2D eigenvalue weighted by Crippen LogP contribution is 2.37. The van der Waals surface area contributed by atoms with E-state index in [4.69, 9.17) is 10.7 Å². The highest BCUT2D eigenvalue weighted by molar-refractivity contribution is 5.77. The molecule has 3 N–H and O–H groups in total. The molecule has 5 heteroatoms. The Labute approximate surface area is 229 Å². The summed E-state index contributed by atoms with van der Waals surface area (Å²) in [5, 5.41) is 3.71. The lowest BCUT2D eigenvalue weighted by atomic mass is 9.81. The quantitative estimate of drug-likeness (QED) is 0.314. The van der Waals surface area contributed by atoms with E-state index in [9.17, 15) is 0 Å². The van der Waals surface area contributed by atoms with Gasteiger partial charge in [0, 0.05) is 18.7 Å². The van der Waals surface area contributed by atoms with Crippen LogP contribution in [-0.4, -0.2) is 34.1 Å². The summed E-state index contributed by atoms with van der Waals surface area (Å²) < 4.78 is 2.24. The highest BCUT2D eigenvalue weighted by Gasteiger charge is 2.28. The first-order valence-corrected chi connectivity index (χ1v) is 14.3. The maximum absolute atomic E-state index is 6.53. The first-order chi connectivity index (χ1) is 18.6. The second-order valence-corrected chi connectivity index (χ2v) is 10.5. The maximum Gasteiger partial charge on any atom is 0.117 e. The average Bonchev–Trinajstić information content (AvgIpc) is 3.31. The van der Waals surface area contributed by atoms with Crippen molar-refractivity contribution < 1.29 is 0 Å². The Morgan fingerprint density at radius 3 is 2.55 bits per heavy atom. The van der Waals surface area contributed by atoms with Crippen molar-refractivity contribution in [3.05, 3.63) is 89.3 Å². The van der Waals surface area contributed by atoms with Gasteiger partial charge in [0.25, 0.3) is 0 Å². The van der Waals surface area contributed by atoms with E-state index in [2.05, 4.69) is 102 Å². The summed E-state index contributed by atoms with van der Waals surface area (Å²) >= 11 is 0. The third-order valence-electron chi connectivity index (χ3n) is 7.74. The van der Waals surface area contributed by atoms with Crippen molar-refractivity contribution in [2.75, 3.05) is 19.6 Å². The fourth-order valence-electron chi connectivity index (χ4n) is 5.53. The number of imidazole rings is 1. The van der Waals surface area contributed by atoms with Gasteiger partial charge in [0.2, 0.25) is 0 Å². The number of hydrogen-bond donors (Lipinski definition) is 2. The first-order valence-electron chi connectivity index (χ1n) is 14.3. The predicted molar refractivity (Wildman–Crippen MR) is 163 cm³/mol. The summed E-state index contributed by atoms with van der Waals surface area (Å²) in [5.74, 6) is 2.33. The molecule has 2 heterocycles. The van der Waals surface area contributed by atoms with Crippen LogP contribution in [0.4, 0.5) is 0 Å². The van der Waals surface area contributed by atoms with Gasteiger partial charge in [-0.25, -0.2) is 4.98 Å². The van der Waals surface area contributed by atoms with E-state index in [0.717, 1.165) is 54.9 Å². The Morgan fingerprint density at radius 2 is 1.84 bits per heavy atom. The predicted octanol–water partition coefficient (Wildman–Crippen LogP) is 7.16. The third-order valence-corrected chi connectivity index (χ3v) is 7.74. The number of hydrogen-bond acceptors (Lipinski definition) is 4. The van der Waals surface area contributed by atoms with E-state index in [1.165, 1.54) is 43.2 Å². The van der Waals surface area contributed by atoms with E-state index in [-0.39, 0.29) is 0 Å². The molecule has 1 aromatic carbocycles. The fourth-order valence-corrected chi connectivity index (χ4v) is 5.53. The number of aromatic nitrogens is 2. The molecule has 2 aromatic rings. The number of nitrogens with zero attached hydrogens (tertiary/aromatic N) is 3. The highest BCUT2D eigenvalue weighted by atomic mass is 15.1. The summed E-state index contributed by atoms with van der Waals surface area (Å²) in [5.41, 5.74) is 11.7. The Morgan fingerprint density at radius 1 is 1.08 bits per heavy atom. The van der Waals surface area contributed by atoms with E-state index >= 15 is 0 Å². The molecule has 0 unspecified atom stereocenters. The molecular formula is C33H45N5. The Balaban J connectivity index is 1.40. The summed E-state index contributed by atoms with van der Waals surface area (Å²) in [4.78, 5) is 7.48. The molecule has 0 amide bonds. The second kappa shape index (κ2) is 14.0. The molecule has 0 spiro atoms. The van der Waals surface area contributed by atoms with Crippen LogP contribution in [0.25, 0.3) is 24.0 Å². The molecule has 0 atom stereocenters. The zero-order valence-electron chi connectivity index (χ0n) is 23.4. The SMILES string of the molecule is C/C=C\n1c(C2CCC(CNCCCN3C=CCC=C3)CC2)nc(/C=C/c2ccccc2C)c1/C(N)=C\C. The molecule has 0 radical (unpaired) electrons. The van der Waals surface area contributed by atoms with Crippen LogP contribution in [0.1, 0.15) is 86.6 Å².